The molecule has 4 rings (SSSR count). The summed E-state index contributed by atoms with van der Waals surface area (Å²) in [5.41, 5.74) is 5.53. The number of fused-ring (bicyclic) bond motifs is 2. The van der Waals surface area contributed by atoms with Gasteiger partial charge in [0, 0.05) is 35.6 Å². The maximum Gasteiger partial charge on any atom is 0.303 e. The monoisotopic (exact) mass is 393 g/mol. The Balaban J connectivity index is 2.11. The van der Waals surface area contributed by atoms with Gasteiger partial charge in [0.05, 0.1) is 17.2 Å². The van der Waals surface area contributed by atoms with Gasteiger partial charge in [-0.15, -0.1) is 0 Å². The van der Waals surface area contributed by atoms with Gasteiger partial charge in [-0.05, 0) is 60.7 Å². The topological polar surface area (TPSA) is 60.1 Å². The molecular formula is C23H24FN3O2. The lowest BCUT2D eigenvalue weighted by Gasteiger charge is -2.16. The molecule has 29 heavy (non-hydrogen) atoms. The van der Waals surface area contributed by atoms with Crippen LogP contribution in [0.1, 0.15) is 43.0 Å². The molecule has 2 aromatic carbocycles. The van der Waals surface area contributed by atoms with Crippen molar-refractivity contribution in [3.63, 3.8) is 0 Å². The number of aromatic nitrogens is 3. The highest BCUT2D eigenvalue weighted by atomic mass is 19.1. The molecule has 0 amide bonds. The predicted molar refractivity (Wildman–Crippen MR) is 112 cm³/mol. The highest BCUT2D eigenvalue weighted by molar-refractivity contribution is 5.99. The van der Waals surface area contributed by atoms with Crippen molar-refractivity contribution in [3.8, 4) is 5.69 Å². The first-order valence-corrected chi connectivity index (χ1v) is 9.75. The third-order valence-corrected chi connectivity index (χ3v) is 5.52. The van der Waals surface area contributed by atoms with Gasteiger partial charge in [-0.25, -0.2) is 4.39 Å². The van der Waals surface area contributed by atoms with E-state index in [0.717, 1.165) is 38.8 Å². The second kappa shape index (κ2) is 7.03. The number of hydrogen-bond acceptors (Lipinski definition) is 2. The van der Waals surface area contributed by atoms with E-state index in [4.69, 9.17) is 0 Å². The van der Waals surface area contributed by atoms with Crippen molar-refractivity contribution in [2.24, 2.45) is 7.05 Å². The van der Waals surface area contributed by atoms with Crippen LogP contribution < -0.4 is 0 Å². The van der Waals surface area contributed by atoms with Gasteiger partial charge < -0.3 is 9.67 Å². The summed E-state index contributed by atoms with van der Waals surface area (Å²) in [6.45, 7) is 5.96. The summed E-state index contributed by atoms with van der Waals surface area (Å²) < 4.78 is 17.9. The van der Waals surface area contributed by atoms with Crippen molar-refractivity contribution in [1.29, 1.82) is 0 Å². The molecule has 2 heterocycles. The van der Waals surface area contributed by atoms with E-state index in [-0.39, 0.29) is 18.2 Å². The molecule has 150 valence electrons. The molecule has 2 aromatic heterocycles. The number of benzene rings is 2. The van der Waals surface area contributed by atoms with Gasteiger partial charge >= 0.3 is 5.97 Å². The molecule has 0 saturated heterocycles. The fraction of sp³-hybridized carbons (Fsp3) is 0.304. The number of aliphatic carboxylic acids is 1. The Kier molecular flexibility index (Phi) is 4.65. The van der Waals surface area contributed by atoms with Crippen molar-refractivity contribution in [1.82, 2.24) is 14.3 Å². The van der Waals surface area contributed by atoms with Crippen LogP contribution in [0.2, 0.25) is 0 Å². The van der Waals surface area contributed by atoms with Gasteiger partial charge in [-0.3, -0.25) is 9.48 Å². The van der Waals surface area contributed by atoms with E-state index in [2.05, 4.69) is 35.6 Å². The number of nitrogens with zero attached hydrogens (tertiary/aromatic N) is 3. The molecule has 0 atom stereocenters. The number of carboxylic acids is 1. The van der Waals surface area contributed by atoms with Crippen LogP contribution in [0.4, 0.5) is 4.39 Å². The Morgan fingerprint density at radius 2 is 1.97 bits per heavy atom. The number of carbonyl (C=O) groups is 1. The van der Waals surface area contributed by atoms with Crippen LogP contribution in [-0.2, 0) is 18.3 Å². The van der Waals surface area contributed by atoms with Crippen molar-refractivity contribution in [2.45, 2.75) is 39.5 Å². The SMILES string of the molecule is Cc1cc(-n2c(C(C)C)c(CCC(=O)O)c3cc4c(cnn4C)cc32)ccc1F. The van der Waals surface area contributed by atoms with Crippen LogP contribution in [0, 0.1) is 12.7 Å². The van der Waals surface area contributed by atoms with Gasteiger partial charge in [-0.1, -0.05) is 13.8 Å². The lowest BCUT2D eigenvalue weighted by Crippen LogP contribution is -2.06. The minimum atomic E-state index is -0.820. The molecule has 0 spiro atoms. The third kappa shape index (κ3) is 3.18. The molecule has 1 N–H and O–H groups in total. The average Bonchev–Trinajstić information content (AvgIpc) is 3.18. The first-order chi connectivity index (χ1) is 13.8. The maximum atomic E-state index is 13.9. The van der Waals surface area contributed by atoms with E-state index in [1.165, 1.54) is 6.07 Å². The van der Waals surface area contributed by atoms with Gasteiger partial charge in [0.2, 0.25) is 0 Å². The van der Waals surface area contributed by atoms with E-state index in [9.17, 15) is 14.3 Å². The molecule has 0 aliphatic carbocycles. The normalized spacial score (nSPS) is 11.8. The van der Waals surface area contributed by atoms with E-state index in [0.29, 0.717) is 12.0 Å². The van der Waals surface area contributed by atoms with E-state index < -0.39 is 5.97 Å². The second-order valence-electron chi connectivity index (χ2n) is 7.88. The maximum absolute atomic E-state index is 13.9. The molecule has 4 aromatic rings. The number of halogens is 1. The summed E-state index contributed by atoms with van der Waals surface area (Å²) >= 11 is 0. The van der Waals surface area contributed by atoms with Crippen LogP contribution in [-0.4, -0.2) is 25.4 Å². The zero-order chi connectivity index (χ0) is 20.9. The summed E-state index contributed by atoms with van der Waals surface area (Å²) in [6.07, 6.45) is 2.33. The summed E-state index contributed by atoms with van der Waals surface area (Å²) in [5, 5.41) is 15.7. The Hall–Kier alpha value is -3.15. The summed E-state index contributed by atoms with van der Waals surface area (Å²) in [7, 11) is 1.90. The summed E-state index contributed by atoms with van der Waals surface area (Å²) in [6, 6.07) is 9.29. The minimum absolute atomic E-state index is 0.0602. The molecular weight excluding hydrogens is 369 g/mol. The molecule has 0 unspecified atom stereocenters. The second-order valence-corrected chi connectivity index (χ2v) is 7.88. The number of carboxylic acid groups (broad SMARTS) is 1. The van der Waals surface area contributed by atoms with Crippen molar-refractivity contribution in [3.05, 3.63) is 59.2 Å². The van der Waals surface area contributed by atoms with Crippen LogP contribution in [0.3, 0.4) is 0 Å². The minimum Gasteiger partial charge on any atom is -0.481 e. The quantitative estimate of drug-likeness (QED) is 0.513. The Bertz CT molecular complexity index is 1250. The Morgan fingerprint density at radius 1 is 1.21 bits per heavy atom. The fourth-order valence-corrected chi connectivity index (χ4v) is 4.16. The zero-order valence-electron chi connectivity index (χ0n) is 17.0. The van der Waals surface area contributed by atoms with E-state index in [1.807, 2.05) is 24.0 Å². The first-order valence-electron chi connectivity index (χ1n) is 9.75. The average molecular weight is 393 g/mol. The summed E-state index contributed by atoms with van der Waals surface area (Å²) in [5.74, 6) is -0.894. The van der Waals surface area contributed by atoms with Crippen LogP contribution >= 0.6 is 0 Å². The number of hydrogen-bond donors (Lipinski definition) is 1. The summed E-state index contributed by atoms with van der Waals surface area (Å²) in [4.78, 5) is 11.3. The van der Waals surface area contributed by atoms with Gasteiger partial charge in [0.1, 0.15) is 5.82 Å². The van der Waals surface area contributed by atoms with Crippen molar-refractivity contribution >= 4 is 27.8 Å². The van der Waals surface area contributed by atoms with Crippen molar-refractivity contribution in [2.75, 3.05) is 0 Å². The van der Waals surface area contributed by atoms with Crippen LogP contribution in [0.5, 0.6) is 0 Å². The predicted octanol–water partition coefficient (Wildman–Crippen LogP) is 5.11. The third-order valence-electron chi connectivity index (χ3n) is 5.52. The molecule has 0 saturated carbocycles. The molecule has 0 bridgehead atoms. The molecule has 0 aliphatic rings. The fourth-order valence-electron chi connectivity index (χ4n) is 4.16. The van der Waals surface area contributed by atoms with Crippen molar-refractivity contribution < 1.29 is 14.3 Å². The van der Waals surface area contributed by atoms with Crippen LogP contribution in [0.15, 0.2) is 36.5 Å². The molecule has 0 aliphatic heterocycles. The largest absolute Gasteiger partial charge is 0.481 e. The van der Waals surface area contributed by atoms with Gasteiger partial charge in [-0.2, -0.15) is 5.10 Å². The standard InChI is InChI=1S/C23H24FN3O2/c1-13(2)23-17(6-8-22(28)29)18-11-20-15(12-25-26(20)4)10-21(18)27(23)16-5-7-19(24)14(3)9-16/h5,7,9-13H,6,8H2,1-4H3,(H,28,29). The lowest BCUT2D eigenvalue weighted by atomic mass is 9.99. The molecule has 5 nitrogen and oxygen atoms in total. The van der Waals surface area contributed by atoms with Gasteiger partial charge in [0.15, 0.2) is 0 Å². The van der Waals surface area contributed by atoms with Crippen LogP contribution in [0.25, 0.3) is 27.5 Å². The van der Waals surface area contributed by atoms with Gasteiger partial charge in [0.25, 0.3) is 0 Å². The zero-order valence-corrected chi connectivity index (χ0v) is 17.0. The first kappa shape index (κ1) is 19.2. The van der Waals surface area contributed by atoms with E-state index in [1.54, 1.807) is 13.0 Å². The highest BCUT2D eigenvalue weighted by Crippen LogP contribution is 2.37. The number of aryl methyl sites for hydroxylation is 3. The smallest absolute Gasteiger partial charge is 0.303 e. The number of rotatable bonds is 5. The molecule has 6 heteroatoms. The highest BCUT2D eigenvalue weighted by Gasteiger charge is 2.22. The van der Waals surface area contributed by atoms with E-state index >= 15 is 0 Å². The Morgan fingerprint density at radius 3 is 2.62 bits per heavy atom. The lowest BCUT2D eigenvalue weighted by molar-refractivity contribution is -0.136. The Labute approximate surface area is 168 Å². The molecule has 0 radical (unpaired) electrons. The molecule has 0 fully saturated rings.